The second-order valence-corrected chi connectivity index (χ2v) is 8.90. The highest BCUT2D eigenvalue weighted by molar-refractivity contribution is 6.35. The van der Waals surface area contributed by atoms with Crippen LogP contribution in [0.15, 0.2) is 72.8 Å². The number of halogens is 1. The lowest BCUT2D eigenvalue weighted by Crippen LogP contribution is -2.24. The van der Waals surface area contributed by atoms with Gasteiger partial charge < -0.3 is 15.0 Å². The number of amides is 1. The van der Waals surface area contributed by atoms with Gasteiger partial charge in [-0.05, 0) is 67.9 Å². The standard InChI is InChI=1S/C27H27ClN4O2/c28-27-26-23(9-6-10-24(26)32(30-27)18-17-31-15-4-5-16-31)29-25(33)19-20-11-13-22(14-12-20)34-21-7-2-1-3-8-21/h1-3,6-14H,4-5,15-19H2,(H,29,33). The quantitative estimate of drug-likeness (QED) is 0.353. The van der Waals surface area contributed by atoms with Gasteiger partial charge in [0, 0.05) is 6.54 Å². The molecule has 34 heavy (non-hydrogen) atoms. The molecule has 2 heterocycles. The van der Waals surface area contributed by atoms with Gasteiger partial charge in [0.05, 0.1) is 29.6 Å². The van der Waals surface area contributed by atoms with E-state index in [0.717, 1.165) is 54.1 Å². The summed E-state index contributed by atoms with van der Waals surface area (Å²) in [6.45, 7) is 4.02. The number of rotatable bonds is 8. The van der Waals surface area contributed by atoms with Gasteiger partial charge in [-0.3, -0.25) is 9.48 Å². The highest BCUT2D eigenvalue weighted by atomic mass is 35.5. The number of hydrogen-bond acceptors (Lipinski definition) is 4. The van der Waals surface area contributed by atoms with Gasteiger partial charge in [0.2, 0.25) is 5.91 Å². The third-order valence-corrected chi connectivity index (χ3v) is 6.37. The molecule has 0 aliphatic carbocycles. The fraction of sp³-hybridized carbons (Fsp3) is 0.259. The molecular weight excluding hydrogens is 448 g/mol. The first-order valence-corrected chi connectivity index (χ1v) is 12.0. The van der Waals surface area contributed by atoms with Crippen LogP contribution in [-0.4, -0.2) is 40.2 Å². The van der Waals surface area contributed by atoms with Crippen LogP contribution in [0.4, 0.5) is 5.69 Å². The predicted octanol–water partition coefficient (Wildman–Crippen LogP) is 5.76. The SMILES string of the molecule is O=C(Cc1ccc(Oc2ccccc2)cc1)Nc1cccc2c1c(Cl)nn2CCN1CCCC1. The van der Waals surface area contributed by atoms with Crippen LogP contribution >= 0.6 is 11.6 Å². The van der Waals surface area contributed by atoms with Crippen LogP contribution in [0.1, 0.15) is 18.4 Å². The maximum absolute atomic E-state index is 12.8. The molecule has 1 fully saturated rings. The lowest BCUT2D eigenvalue weighted by molar-refractivity contribution is -0.115. The van der Waals surface area contributed by atoms with E-state index in [1.165, 1.54) is 12.8 Å². The molecule has 1 saturated heterocycles. The first-order valence-electron chi connectivity index (χ1n) is 11.6. The van der Waals surface area contributed by atoms with Crippen molar-refractivity contribution in [2.45, 2.75) is 25.8 Å². The molecular formula is C27H27ClN4O2. The molecule has 1 aliphatic rings. The normalized spacial score (nSPS) is 13.9. The number of carbonyl (C=O) groups is 1. The van der Waals surface area contributed by atoms with E-state index in [1.807, 2.05) is 77.5 Å². The monoisotopic (exact) mass is 474 g/mol. The number of fused-ring (bicyclic) bond motifs is 1. The van der Waals surface area contributed by atoms with Gasteiger partial charge in [-0.15, -0.1) is 0 Å². The number of para-hydroxylation sites is 1. The summed E-state index contributed by atoms with van der Waals surface area (Å²) >= 11 is 6.50. The van der Waals surface area contributed by atoms with Crippen molar-refractivity contribution in [3.8, 4) is 11.5 Å². The van der Waals surface area contributed by atoms with Crippen LogP contribution in [0.3, 0.4) is 0 Å². The number of anilines is 1. The summed E-state index contributed by atoms with van der Waals surface area (Å²) in [5.74, 6) is 1.40. The molecule has 1 amide bonds. The lowest BCUT2D eigenvalue weighted by Gasteiger charge is -2.14. The van der Waals surface area contributed by atoms with Crippen molar-refractivity contribution < 1.29 is 9.53 Å². The van der Waals surface area contributed by atoms with Crippen LogP contribution < -0.4 is 10.1 Å². The number of likely N-dealkylation sites (tertiary alicyclic amines) is 1. The summed E-state index contributed by atoms with van der Waals surface area (Å²) in [5.41, 5.74) is 2.52. The Hall–Kier alpha value is -3.35. The zero-order valence-corrected chi connectivity index (χ0v) is 19.7. The molecule has 3 aromatic carbocycles. The van der Waals surface area contributed by atoms with E-state index in [1.54, 1.807) is 0 Å². The number of hydrogen-bond donors (Lipinski definition) is 1. The highest BCUT2D eigenvalue weighted by Crippen LogP contribution is 2.30. The molecule has 0 unspecified atom stereocenters. The van der Waals surface area contributed by atoms with Crippen LogP contribution in [0.25, 0.3) is 10.9 Å². The Balaban J connectivity index is 1.24. The number of benzene rings is 3. The van der Waals surface area contributed by atoms with Crippen molar-refractivity contribution in [1.82, 2.24) is 14.7 Å². The molecule has 0 radical (unpaired) electrons. The molecule has 1 N–H and O–H groups in total. The second-order valence-electron chi connectivity index (χ2n) is 8.55. The van der Waals surface area contributed by atoms with Gasteiger partial charge in [-0.25, -0.2) is 0 Å². The van der Waals surface area contributed by atoms with Crippen LogP contribution in [-0.2, 0) is 17.8 Å². The Labute approximate surface area is 204 Å². The second kappa shape index (κ2) is 10.3. The molecule has 0 bridgehead atoms. The molecule has 0 spiro atoms. The highest BCUT2D eigenvalue weighted by Gasteiger charge is 2.17. The minimum atomic E-state index is -0.106. The van der Waals surface area contributed by atoms with Crippen molar-refractivity contribution >= 4 is 34.1 Å². The molecule has 0 atom stereocenters. The number of carbonyl (C=O) groups excluding carboxylic acids is 1. The Morgan fingerprint density at radius 2 is 1.65 bits per heavy atom. The van der Waals surface area contributed by atoms with Crippen molar-refractivity contribution in [2.24, 2.45) is 0 Å². The average Bonchev–Trinajstić information content (AvgIpc) is 3.48. The van der Waals surface area contributed by atoms with E-state index in [9.17, 15) is 4.79 Å². The molecule has 5 rings (SSSR count). The van der Waals surface area contributed by atoms with E-state index >= 15 is 0 Å². The maximum Gasteiger partial charge on any atom is 0.228 e. The first-order chi connectivity index (χ1) is 16.7. The fourth-order valence-electron chi connectivity index (χ4n) is 4.38. The summed E-state index contributed by atoms with van der Waals surface area (Å²) in [6.07, 6.45) is 2.78. The van der Waals surface area contributed by atoms with E-state index in [2.05, 4.69) is 15.3 Å². The summed E-state index contributed by atoms with van der Waals surface area (Å²) < 4.78 is 7.76. The smallest absolute Gasteiger partial charge is 0.228 e. The van der Waals surface area contributed by atoms with E-state index < -0.39 is 0 Å². The Morgan fingerprint density at radius 1 is 0.912 bits per heavy atom. The molecule has 0 saturated carbocycles. The van der Waals surface area contributed by atoms with Crippen LogP contribution in [0, 0.1) is 0 Å². The van der Waals surface area contributed by atoms with Gasteiger partial charge >= 0.3 is 0 Å². The molecule has 4 aromatic rings. The summed E-state index contributed by atoms with van der Waals surface area (Å²) in [6, 6.07) is 23.0. The number of ether oxygens (including phenoxy) is 1. The number of nitrogens with one attached hydrogen (secondary N) is 1. The molecule has 174 valence electrons. The summed E-state index contributed by atoms with van der Waals surface area (Å²) in [5, 5.41) is 8.75. The van der Waals surface area contributed by atoms with Crippen molar-refractivity contribution in [2.75, 3.05) is 25.0 Å². The minimum Gasteiger partial charge on any atom is -0.457 e. The topological polar surface area (TPSA) is 59.4 Å². The summed E-state index contributed by atoms with van der Waals surface area (Å²) in [4.78, 5) is 15.2. The minimum absolute atomic E-state index is 0.106. The third kappa shape index (κ3) is 5.24. The Morgan fingerprint density at radius 3 is 2.41 bits per heavy atom. The zero-order chi connectivity index (χ0) is 23.3. The van der Waals surface area contributed by atoms with E-state index in [0.29, 0.717) is 10.8 Å². The molecule has 7 heteroatoms. The Kier molecular flexibility index (Phi) is 6.79. The van der Waals surface area contributed by atoms with Crippen LogP contribution in [0.2, 0.25) is 5.15 Å². The number of aromatic nitrogens is 2. The third-order valence-electron chi connectivity index (χ3n) is 6.10. The fourth-order valence-corrected chi connectivity index (χ4v) is 4.67. The molecule has 6 nitrogen and oxygen atoms in total. The Bertz CT molecular complexity index is 1270. The first kappa shape index (κ1) is 22.4. The zero-order valence-electron chi connectivity index (χ0n) is 18.9. The molecule has 1 aliphatic heterocycles. The van der Waals surface area contributed by atoms with Gasteiger partial charge in [0.15, 0.2) is 5.15 Å². The van der Waals surface area contributed by atoms with Gasteiger partial charge in [0.25, 0.3) is 0 Å². The van der Waals surface area contributed by atoms with Crippen molar-refractivity contribution in [1.29, 1.82) is 0 Å². The molecule has 1 aromatic heterocycles. The van der Waals surface area contributed by atoms with Gasteiger partial charge in [-0.2, -0.15) is 5.10 Å². The predicted molar refractivity (Wildman–Crippen MR) is 136 cm³/mol. The van der Waals surface area contributed by atoms with Gasteiger partial charge in [-0.1, -0.05) is 48.0 Å². The lowest BCUT2D eigenvalue weighted by atomic mass is 10.1. The van der Waals surface area contributed by atoms with Crippen LogP contribution in [0.5, 0.6) is 11.5 Å². The van der Waals surface area contributed by atoms with E-state index in [4.69, 9.17) is 16.3 Å². The largest absolute Gasteiger partial charge is 0.457 e. The summed E-state index contributed by atoms with van der Waals surface area (Å²) in [7, 11) is 0. The van der Waals surface area contributed by atoms with Gasteiger partial charge in [0.1, 0.15) is 11.5 Å². The average molecular weight is 475 g/mol. The van der Waals surface area contributed by atoms with Crippen molar-refractivity contribution in [3.63, 3.8) is 0 Å². The van der Waals surface area contributed by atoms with Crippen molar-refractivity contribution in [3.05, 3.63) is 83.5 Å². The maximum atomic E-state index is 12.8. The number of nitrogens with zero attached hydrogens (tertiary/aromatic N) is 3. The van der Waals surface area contributed by atoms with E-state index in [-0.39, 0.29) is 12.3 Å².